The van der Waals surface area contributed by atoms with Crippen molar-refractivity contribution in [3.63, 3.8) is 0 Å². The molecule has 0 spiro atoms. The number of hydrogen-bond donors (Lipinski definition) is 0. The molecule has 0 bridgehead atoms. The Morgan fingerprint density at radius 1 is 1.04 bits per heavy atom. The van der Waals surface area contributed by atoms with Crippen LogP contribution in [-0.2, 0) is 6.61 Å². The number of halogens is 2. The van der Waals surface area contributed by atoms with Crippen molar-refractivity contribution in [3.05, 3.63) is 83.6 Å². The summed E-state index contributed by atoms with van der Waals surface area (Å²) >= 11 is 0. The molecule has 4 aromatic rings. The smallest absolute Gasteiger partial charge is 0.268 e. The monoisotopic (exact) mass is 362 g/mol. The lowest BCUT2D eigenvalue weighted by Crippen LogP contribution is -2.09. The first-order valence-corrected chi connectivity index (χ1v) is 8.35. The Morgan fingerprint density at radius 3 is 2.78 bits per heavy atom. The van der Waals surface area contributed by atoms with Gasteiger partial charge in [0.05, 0.1) is 11.2 Å². The predicted octanol–water partition coefficient (Wildman–Crippen LogP) is 4.56. The first-order valence-electron chi connectivity index (χ1n) is 8.35. The molecule has 0 N–H and O–H groups in total. The molecular formula is C21H12F2N2O2. The van der Waals surface area contributed by atoms with Gasteiger partial charge in [-0.1, -0.05) is 12.1 Å². The number of fused-ring (bicyclic) bond motifs is 4. The zero-order valence-corrected chi connectivity index (χ0v) is 13.9. The Bertz CT molecular complexity index is 1230. The standard InChI is InChI=1S/C21H12F2N2O2/c22-13-7-8-15(23)12(10-13)11-27-20-14-4-1-2-5-16(14)24-19-17-6-3-9-25(17)21(26)18(19)20/h1-10H,11H2. The largest absolute Gasteiger partial charge is 0.487 e. The molecule has 0 atom stereocenters. The van der Waals surface area contributed by atoms with Crippen LogP contribution in [0.15, 0.2) is 60.8 Å². The van der Waals surface area contributed by atoms with Crippen LogP contribution in [0.5, 0.6) is 5.75 Å². The maximum atomic E-state index is 14.0. The molecule has 1 aliphatic heterocycles. The van der Waals surface area contributed by atoms with Crippen LogP contribution < -0.4 is 4.74 Å². The molecule has 0 saturated heterocycles. The summed E-state index contributed by atoms with van der Waals surface area (Å²) in [7, 11) is 0. The van der Waals surface area contributed by atoms with E-state index in [4.69, 9.17) is 4.74 Å². The zero-order valence-electron chi connectivity index (χ0n) is 13.9. The Labute approximate surface area is 152 Å². The summed E-state index contributed by atoms with van der Waals surface area (Å²) in [6.45, 7) is -0.202. The molecule has 4 nitrogen and oxygen atoms in total. The minimum atomic E-state index is -0.566. The van der Waals surface area contributed by atoms with Crippen LogP contribution in [-0.4, -0.2) is 15.5 Å². The van der Waals surface area contributed by atoms with Gasteiger partial charge in [-0.05, 0) is 42.5 Å². The van der Waals surface area contributed by atoms with E-state index in [1.54, 1.807) is 18.3 Å². The van der Waals surface area contributed by atoms with Gasteiger partial charge in [0, 0.05) is 17.1 Å². The Morgan fingerprint density at radius 2 is 1.89 bits per heavy atom. The summed E-state index contributed by atoms with van der Waals surface area (Å²) in [6, 6.07) is 14.0. The lowest BCUT2D eigenvalue weighted by atomic mass is 10.1. The fourth-order valence-electron chi connectivity index (χ4n) is 3.39. The summed E-state index contributed by atoms with van der Waals surface area (Å²) < 4.78 is 34.8. The Kier molecular flexibility index (Phi) is 3.33. The number of carbonyl (C=O) groups is 1. The van der Waals surface area contributed by atoms with Crippen molar-refractivity contribution in [3.8, 4) is 17.1 Å². The molecule has 2 aromatic carbocycles. The van der Waals surface area contributed by atoms with E-state index in [0.717, 1.165) is 18.2 Å². The van der Waals surface area contributed by atoms with E-state index in [1.807, 2.05) is 24.3 Å². The van der Waals surface area contributed by atoms with Gasteiger partial charge < -0.3 is 4.74 Å². The van der Waals surface area contributed by atoms with Crippen LogP contribution in [0, 0.1) is 11.6 Å². The Hall–Kier alpha value is -3.54. The molecule has 27 heavy (non-hydrogen) atoms. The molecule has 1 aliphatic rings. The SMILES string of the molecule is O=C1c2c(nc3ccccc3c2OCc2cc(F)ccc2F)-c2cccn21. The van der Waals surface area contributed by atoms with Gasteiger partial charge in [0.15, 0.2) is 0 Å². The fraction of sp³-hybridized carbons (Fsp3) is 0.0476. The van der Waals surface area contributed by atoms with E-state index in [1.165, 1.54) is 4.57 Å². The first kappa shape index (κ1) is 15.7. The van der Waals surface area contributed by atoms with Gasteiger partial charge in [-0.3, -0.25) is 9.36 Å². The molecule has 5 rings (SSSR count). The number of para-hydroxylation sites is 1. The third-order valence-electron chi connectivity index (χ3n) is 4.65. The summed E-state index contributed by atoms with van der Waals surface area (Å²) in [5, 5.41) is 0.646. The molecule has 2 aromatic heterocycles. The summed E-state index contributed by atoms with van der Waals surface area (Å²) in [6.07, 6.45) is 1.67. The summed E-state index contributed by atoms with van der Waals surface area (Å²) in [4.78, 5) is 17.5. The van der Waals surface area contributed by atoms with E-state index >= 15 is 0 Å². The second-order valence-corrected chi connectivity index (χ2v) is 6.27. The molecule has 0 fully saturated rings. The van der Waals surface area contributed by atoms with Gasteiger partial charge in [-0.25, -0.2) is 13.8 Å². The van der Waals surface area contributed by atoms with Gasteiger partial charge >= 0.3 is 0 Å². The Balaban J connectivity index is 1.67. The van der Waals surface area contributed by atoms with E-state index in [9.17, 15) is 13.6 Å². The highest BCUT2D eigenvalue weighted by Gasteiger charge is 2.32. The average molecular weight is 362 g/mol. The first-order chi connectivity index (χ1) is 13.1. The third kappa shape index (κ3) is 2.33. The van der Waals surface area contributed by atoms with Crippen LogP contribution in [0.1, 0.15) is 15.9 Å². The number of carbonyl (C=O) groups excluding carboxylic acids is 1. The second kappa shape index (κ2) is 5.74. The highest BCUT2D eigenvalue weighted by molar-refractivity contribution is 6.13. The van der Waals surface area contributed by atoms with Gasteiger partial charge in [-0.2, -0.15) is 0 Å². The number of hydrogen-bond acceptors (Lipinski definition) is 3. The normalized spacial score (nSPS) is 12.3. The van der Waals surface area contributed by atoms with Gasteiger partial charge in [-0.15, -0.1) is 0 Å². The predicted molar refractivity (Wildman–Crippen MR) is 95.6 cm³/mol. The second-order valence-electron chi connectivity index (χ2n) is 6.27. The highest BCUT2D eigenvalue weighted by Crippen LogP contribution is 2.41. The van der Waals surface area contributed by atoms with Gasteiger partial charge in [0.1, 0.15) is 35.2 Å². The lowest BCUT2D eigenvalue weighted by Gasteiger charge is -2.13. The molecule has 6 heteroatoms. The number of nitrogens with zero attached hydrogens (tertiary/aromatic N) is 2. The molecular weight excluding hydrogens is 350 g/mol. The number of aromatic nitrogens is 2. The average Bonchev–Trinajstić information content (AvgIpc) is 3.25. The number of rotatable bonds is 3. The fourth-order valence-corrected chi connectivity index (χ4v) is 3.39. The molecule has 132 valence electrons. The maximum absolute atomic E-state index is 14.0. The van der Waals surface area contributed by atoms with Crippen molar-refractivity contribution in [1.29, 1.82) is 0 Å². The van der Waals surface area contributed by atoms with E-state index < -0.39 is 11.6 Å². The van der Waals surface area contributed by atoms with Crippen molar-refractivity contribution in [2.75, 3.05) is 0 Å². The quantitative estimate of drug-likeness (QED) is 0.472. The number of ether oxygens (including phenoxy) is 1. The van der Waals surface area contributed by atoms with Crippen molar-refractivity contribution in [2.24, 2.45) is 0 Å². The van der Waals surface area contributed by atoms with Crippen molar-refractivity contribution < 1.29 is 18.3 Å². The molecule has 0 amide bonds. The van der Waals surface area contributed by atoms with E-state index in [0.29, 0.717) is 33.6 Å². The highest BCUT2D eigenvalue weighted by atomic mass is 19.1. The minimum Gasteiger partial charge on any atom is -0.487 e. The van der Waals surface area contributed by atoms with Gasteiger partial charge in [0.25, 0.3) is 5.91 Å². The molecule has 0 aliphatic carbocycles. The molecule has 0 saturated carbocycles. The van der Waals surface area contributed by atoms with Crippen LogP contribution in [0.4, 0.5) is 8.78 Å². The van der Waals surface area contributed by atoms with Crippen LogP contribution in [0.2, 0.25) is 0 Å². The zero-order chi connectivity index (χ0) is 18.5. The molecule has 0 unspecified atom stereocenters. The van der Waals surface area contributed by atoms with Crippen LogP contribution in [0.3, 0.4) is 0 Å². The van der Waals surface area contributed by atoms with E-state index in [2.05, 4.69) is 4.98 Å². The van der Waals surface area contributed by atoms with Crippen molar-refractivity contribution >= 4 is 16.8 Å². The van der Waals surface area contributed by atoms with Crippen molar-refractivity contribution in [2.45, 2.75) is 6.61 Å². The van der Waals surface area contributed by atoms with Crippen molar-refractivity contribution in [1.82, 2.24) is 9.55 Å². The molecule has 3 heterocycles. The summed E-state index contributed by atoms with van der Waals surface area (Å²) in [5.74, 6) is -1.04. The third-order valence-corrected chi connectivity index (χ3v) is 4.65. The maximum Gasteiger partial charge on any atom is 0.268 e. The topological polar surface area (TPSA) is 44.1 Å². The van der Waals surface area contributed by atoms with Crippen LogP contribution in [0.25, 0.3) is 22.3 Å². The van der Waals surface area contributed by atoms with Gasteiger partial charge in [0.2, 0.25) is 0 Å². The van der Waals surface area contributed by atoms with E-state index in [-0.39, 0.29) is 18.1 Å². The number of pyridine rings is 1. The summed E-state index contributed by atoms with van der Waals surface area (Å²) in [5.41, 5.74) is 2.28. The minimum absolute atomic E-state index is 0.0784. The molecule has 0 radical (unpaired) electrons. The van der Waals surface area contributed by atoms with Crippen LogP contribution >= 0.6 is 0 Å². The lowest BCUT2D eigenvalue weighted by molar-refractivity contribution is 0.0965. The number of benzene rings is 2.